The van der Waals surface area contributed by atoms with E-state index in [2.05, 4.69) is 66.8 Å². The molecule has 0 radical (unpaired) electrons. The van der Waals surface area contributed by atoms with Gasteiger partial charge in [0.2, 0.25) is 0 Å². The van der Waals surface area contributed by atoms with Crippen molar-refractivity contribution in [2.45, 2.75) is 39.2 Å². The summed E-state index contributed by atoms with van der Waals surface area (Å²) in [6.45, 7) is 9.76. The van der Waals surface area contributed by atoms with E-state index in [-0.39, 0.29) is 11.5 Å². The van der Waals surface area contributed by atoms with E-state index in [4.69, 9.17) is 0 Å². The summed E-state index contributed by atoms with van der Waals surface area (Å²) in [7, 11) is 2.04. The molecule has 0 aliphatic rings. The molecule has 2 rings (SSSR count). The fourth-order valence-corrected chi connectivity index (χ4v) is 2.39. The first kappa shape index (κ1) is 14.8. The van der Waals surface area contributed by atoms with E-state index in [9.17, 15) is 0 Å². The molecule has 0 saturated heterocycles. The summed E-state index contributed by atoms with van der Waals surface area (Å²) in [6, 6.07) is 9.02. The zero-order chi connectivity index (χ0) is 14.8. The highest BCUT2D eigenvalue weighted by molar-refractivity contribution is 5.32. The lowest BCUT2D eigenvalue weighted by molar-refractivity contribution is 0.572. The van der Waals surface area contributed by atoms with Crippen molar-refractivity contribution < 1.29 is 0 Å². The largest absolute Gasteiger partial charge is 0.336 e. The third-order valence-corrected chi connectivity index (χ3v) is 3.63. The lowest BCUT2D eigenvalue weighted by atomic mass is 9.86. The first-order valence-electron chi connectivity index (χ1n) is 7.24. The van der Waals surface area contributed by atoms with Gasteiger partial charge in [-0.25, -0.2) is 4.98 Å². The average Bonchev–Trinajstić information content (AvgIpc) is 2.81. The molecule has 0 amide bonds. The predicted octanol–water partition coefficient (Wildman–Crippen LogP) is 3.42. The summed E-state index contributed by atoms with van der Waals surface area (Å²) in [6.07, 6.45) is 3.84. The molecule has 3 heteroatoms. The molecule has 1 unspecified atom stereocenters. The Labute approximate surface area is 122 Å². The molecule has 1 aromatic carbocycles. The summed E-state index contributed by atoms with van der Waals surface area (Å²) in [5, 5.41) is 3.52. The van der Waals surface area contributed by atoms with Crippen molar-refractivity contribution in [2.75, 3.05) is 6.54 Å². The third-order valence-electron chi connectivity index (χ3n) is 3.63. The van der Waals surface area contributed by atoms with E-state index < -0.39 is 0 Å². The van der Waals surface area contributed by atoms with Crippen LogP contribution in [-0.4, -0.2) is 16.1 Å². The van der Waals surface area contributed by atoms with Crippen LogP contribution in [0.15, 0.2) is 36.7 Å². The summed E-state index contributed by atoms with van der Waals surface area (Å²) in [5.41, 5.74) is 2.81. The van der Waals surface area contributed by atoms with Crippen molar-refractivity contribution in [3.8, 4) is 0 Å². The normalized spacial score (nSPS) is 13.4. The number of aromatic nitrogens is 2. The van der Waals surface area contributed by atoms with Gasteiger partial charge in [0.25, 0.3) is 0 Å². The Balaban J connectivity index is 2.33. The van der Waals surface area contributed by atoms with E-state index in [1.807, 2.05) is 19.4 Å². The van der Waals surface area contributed by atoms with Crippen molar-refractivity contribution in [3.05, 3.63) is 53.6 Å². The number of nitrogens with zero attached hydrogens (tertiary/aromatic N) is 2. The Morgan fingerprint density at radius 1 is 1.20 bits per heavy atom. The van der Waals surface area contributed by atoms with Gasteiger partial charge in [0.05, 0.1) is 6.04 Å². The van der Waals surface area contributed by atoms with Crippen LogP contribution in [0.5, 0.6) is 0 Å². The maximum atomic E-state index is 4.48. The number of hydrogen-bond donors (Lipinski definition) is 1. The van der Waals surface area contributed by atoms with Gasteiger partial charge in [-0.15, -0.1) is 0 Å². The second-order valence-corrected chi connectivity index (χ2v) is 6.26. The van der Waals surface area contributed by atoms with E-state index in [0.29, 0.717) is 0 Å². The molecule has 0 aliphatic heterocycles. The number of benzene rings is 1. The summed E-state index contributed by atoms with van der Waals surface area (Å²) >= 11 is 0. The molecular weight excluding hydrogens is 246 g/mol. The predicted molar refractivity (Wildman–Crippen MR) is 83.9 cm³/mol. The van der Waals surface area contributed by atoms with Crippen LogP contribution < -0.4 is 5.32 Å². The van der Waals surface area contributed by atoms with Gasteiger partial charge in [0.1, 0.15) is 5.82 Å². The van der Waals surface area contributed by atoms with Crippen LogP contribution in [-0.2, 0) is 12.5 Å². The molecule has 0 aliphatic carbocycles. The van der Waals surface area contributed by atoms with Crippen molar-refractivity contribution in [1.82, 2.24) is 14.9 Å². The smallest absolute Gasteiger partial charge is 0.130 e. The SMILES string of the molecule is CCNC(c1ccc(C(C)(C)C)cc1)c1nccn1C. The second kappa shape index (κ2) is 5.80. The molecule has 0 bridgehead atoms. The molecule has 1 heterocycles. The first-order valence-corrected chi connectivity index (χ1v) is 7.24. The van der Waals surface area contributed by atoms with Gasteiger partial charge in [-0.3, -0.25) is 0 Å². The van der Waals surface area contributed by atoms with Crippen molar-refractivity contribution in [2.24, 2.45) is 7.05 Å². The number of hydrogen-bond acceptors (Lipinski definition) is 2. The Morgan fingerprint density at radius 2 is 1.85 bits per heavy atom. The zero-order valence-electron chi connectivity index (χ0n) is 13.1. The molecule has 1 N–H and O–H groups in total. The molecule has 3 nitrogen and oxygen atoms in total. The Morgan fingerprint density at radius 3 is 2.30 bits per heavy atom. The maximum Gasteiger partial charge on any atom is 0.130 e. The Kier molecular flexibility index (Phi) is 4.29. The van der Waals surface area contributed by atoms with E-state index in [1.165, 1.54) is 11.1 Å². The highest BCUT2D eigenvalue weighted by Crippen LogP contribution is 2.26. The first-order chi connectivity index (χ1) is 9.43. The molecule has 0 spiro atoms. The van der Waals surface area contributed by atoms with Crippen LogP contribution in [0.25, 0.3) is 0 Å². The molecule has 0 saturated carbocycles. The van der Waals surface area contributed by atoms with E-state index in [1.54, 1.807) is 0 Å². The Bertz CT molecular complexity index is 546. The lowest BCUT2D eigenvalue weighted by Gasteiger charge is -2.22. The molecule has 20 heavy (non-hydrogen) atoms. The topological polar surface area (TPSA) is 29.9 Å². The molecule has 1 atom stereocenters. The Hall–Kier alpha value is -1.61. The zero-order valence-corrected chi connectivity index (χ0v) is 13.1. The molecule has 1 aromatic heterocycles. The van der Waals surface area contributed by atoms with E-state index in [0.717, 1.165) is 12.4 Å². The number of imidazole rings is 1. The fourth-order valence-electron chi connectivity index (χ4n) is 2.39. The molecule has 108 valence electrons. The highest BCUT2D eigenvalue weighted by atomic mass is 15.1. The third kappa shape index (κ3) is 3.10. The monoisotopic (exact) mass is 271 g/mol. The highest BCUT2D eigenvalue weighted by Gasteiger charge is 2.18. The lowest BCUT2D eigenvalue weighted by Crippen LogP contribution is -2.25. The maximum absolute atomic E-state index is 4.48. The van der Waals surface area contributed by atoms with Crippen LogP contribution in [0, 0.1) is 0 Å². The second-order valence-electron chi connectivity index (χ2n) is 6.26. The van der Waals surface area contributed by atoms with Crippen molar-refractivity contribution in [1.29, 1.82) is 0 Å². The average molecular weight is 271 g/mol. The summed E-state index contributed by atoms with van der Waals surface area (Å²) in [4.78, 5) is 4.48. The molecule has 2 aromatic rings. The van der Waals surface area contributed by atoms with Gasteiger partial charge in [-0.1, -0.05) is 52.0 Å². The van der Waals surface area contributed by atoms with Crippen LogP contribution in [0.3, 0.4) is 0 Å². The van der Waals surface area contributed by atoms with Gasteiger partial charge < -0.3 is 9.88 Å². The number of rotatable bonds is 4. The van der Waals surface area contributed by atoms with Gasteiger partial charge in [-0.2, -0.15) is 0 Å². The fraction of sp³-hybridized carbons (Fsp3) is 0.471. The van der Waals surface area contributed by atoms with Crippen LogP contribution >= 0.6 is 0 Å². The van der Waals surface area contributed by atoms with Gasteiger partial charge >= 0.3 is 0 Å². The summed E-state index contributed by atoms with van der Waals surface area (Å²) in [5.74, 6) is 1.05. The molecule has 0 fully saturated rings. The molecular formula is C17H25N3. The van der Waals surface area contributed by atoms with Crippen LogP contribution in [0.4, 0.5) is 0 Å². The van der Waals surface area contributed by atoms with Crippen molar-refractivity contribution in [3.63, 3.8) is 0 Å². The standard InChI is InChI=1S/C17H25N3/c1-6-18-15(16-19-11-12-20(16)5)13-7-9-14(10-8-13)17(2,3)4/h7-12,15,18H,6H2,1-5H3. The quantitative estimate of drug-likeness (QED) is 0.923. The van der Waals surface area contributed by atoms with Gasteiger partial charge in [-0.05, 0) is 23.1 Å². The number of aryl methyl sites for hydroxylation is 1. The van der Waals surface area contributed by atoms with Gasteiger partial charge in [0, 0.05) is 19.4 Å². The minimum Gasteiger partial charge on any atom is -0.336 e. The van der Waals surface area contributed by atoms with Crippen LogP contribution in [0.2, 0.25) is 0 Å². The van der Waals surface area contributed by atoms with Crippen LogP contribution in [0.1, 0.15) is 50.7 Å². The minimum absolute atomic E-state index is 0.147. The van der Waals surface area contributed by atoms with E-state index >= 15 is 0 Å². The van der Waals surface area contributed by atoms with Gasteiger partial charge in [0.15, 0.2) is 0 Å². The number of nitrogens with one attached hydrogen (secondary N) is 1. The minimum atomic E-state index is 0.147. The van der Waals surface area contributed by atoms with Crippen molar-refractivity contribution >= 4 is 0 Å². The summed E-state index contributed by atoms with van der Waals surface area (Å²) < 4.78 is 2.07.